The summed E-state index contributed by atoms with van der Waals surface area (Å²) in [5.74, 6) is 0. The van der Waals surface area contributed by atoms with Gasteiger partial charge < -0.3 is 15.5 Å². The lowest BCUT2D eigenvalue weighted by Crippen LogP contribution is -2.52. The summed E-state index contributed by atoms with van der Waals surface area (Å²) in [6.45, 7) is 0.671. The molecular weight excluding hydrogens is 144 g/mol. The number of hydrogen-bond donors (Lipinski definition) is 3. The van der Waals surface area contributed by atoms with Gasteiger partial charge in [0.25, 0.3) is 0 Å². The van der Waals surface area contributed by atoms with Crippen LogP contribution in [0.1, 0.15) is 12.8 Å². The van der Waals surface area contributed by atoms with Crippen LogP contribution in [0.25, 0.3) is 0 Å². The summed E-state index contributed by atoms with van der Waals surface area (Å²) in [5.41, 5.74) is 0. The molecule has 0 aromatic carbocycles. The fourth-order valence-corrected chi connectivity index (χ4v) is 1.27. The van der Waals surface area contributed by atoms with Crippen LogP contribution in [0.4, 0.5) is 0 Å². The Kier molecular flexibility index (Phi) is 2.83. The van der Waals surface area contributed by atoms with Gasteiger partial charge in [-0.25, -0.2) is 0 Å². The van der Waals surface area contributed by atoms with E-state index in [9.17, 15) is 10.2 Å². The number of aliphatic hydroxyl groups is 2. The quantitative estimate of drug-likeness (QED) is 0.454. The zero-order valence-corrected chi connectivity index (χ0v) is 6.20. The van der Waals surface area contributed by atoms with Gasteiger partial charge in [0.05, 0.1) is 24.7 Å². The van der Waals surface area contributed by atoms with Gasteiger partial charge in [0.1, 0.15) is 0 Å². The molecule has 1 aliphatic heterocycles. The van der Waals surface area contributed by atoms with Gasteiger partial charge in [-0.05, 0) is 13.0 Å². The summed E-state index contributed by atoms with van der Waals surface area (Å²) < 4.78 is 0. The standard InChI is InChI=1S/C7H12N2O2/c8-3-1-5-7(11)6(10)2-4-9-5/h5-7,9-11H,1-2,4H2. The molecule has 11 heavy (non-hydrogen) atoms. The Bertz CT molecular complexity index is 166. The third-order valence-electron chi connectivity index (χ3n) is 1.96. The molecule has 1 rings (SSSR count). The summed E-state index contributed by atoms with van der Waals surface area (Å²) in [6, 6.07) is 1.69. The minimum Gasteiger partial charge on any atom is -0.390 e. The Hall–Kier alpha value is -0.630. The number of rotatable bonds is 1. The van der Waals surface area contributed by atoms with E-state index in [0.29, 0.717) is 13.0 Å². The Morgan fingerprint density at radius 2 is 2.27 bits per heavy atom. The van der Waals surface area contributed by atoms with Gasteiger partial charge in [0.2, 0.25) is 0 Å². The van der Waals surface area contributed by atoms with Crippen LogP contribution >= 0.6 is 0 Å². The van der Waals surface area contributed by atoms with E-state index in [0.717, 1.165) is 0 Å². The van der Waals surface area contributed by atoms with Crippen LogP contribution in [-0.4, -0.2) is 35.0 Å². The van der Waals surface area contributed by atoms with E-state index < -0.39 is 12.2 Å². The van der Waals surface area contributed by atoms with Gasteiger partial charge in [0.15, 0.2) is 0 Å². The largest absolute Gasteiger partial charge is 0.390 e. The molecule has 1 aliphatic rings. The van der Waals surface area contributed by atoms with Crippen molar-refractivity contribution in [1.29, 1.82) is 5.26 Å². The normalized spacial score (nSPS) is 38.1. The lowest BCUT2D eigenvalue weighted by atomic mass is 9.96. The van der Waals surface area contributed by atoms with Gasteiger partial charge in [-0.3, -0.25) is 0 Å². The number of nitrogens with zero attached hydrogens (tertiary/aromatic N) is 1. The molecule has 0 radical (unpaired) electrons. The fraction of sp³-hybridized carbons (Fsp3) is 0.857. The summed E-state index contributed by atoms with van der Waals surface area (Å²) >= 11 is 0. The predicted molar refractivity (Wildman–Crippen MR) is 38.7 cm³/mol. The molecule has 0 spiro atoms. The van der Waals surface area contributed by atoms with Crippen molar-refractivity contribution in [3.05, 3.63) is 0 Å². The topological polar surface area (TPSA) is 76.3 Å². The van der Waals surface area contributed by atoms with E-state index in [-0.39, 0.29) is 12.5 Å². The van der Waals surface area contributed by atoms with E-state index in [1.54, 1.807) is 0 Å². The van der Waals surface area contributed by atoms with Crippen molar-refractivity contribution in [3.8, 4) is 6.07 Å². The maximum absolute atomic E-state index is 9.30. The minimum atomic E-state index is -0.789. The molecule has 3 N–H and O–H groups in total. The molecule has 1 heterocycles. The Labute approximate surface area is 65.5 Å². The van der Waals surface area contributed by atoms with E-state index in [1.165, 1.54) is 0 Å². The summed E-state index contributed by atoms with van der Waals surface area (Å²) in [4.78, 5) is 0. The number of aliphatic hydroxyl groups excluding tert-OH is 2. The average molecular weight is 156 g/mol. The SMILES string of the molecule is N#CCC1NCCC(O)C1O. The van der Waals surface area contributed by atoms with Crippen molar-refractivity contribution in [3.63, 3.8) is 0 Å². The highest BCUT2D eigenvalue weighted by atomic mass is 16.3. The molecule has 0 aromatic rings. The second-order valence-electron chi connectivity index (χ2n) is 2.77. The monoisotopic (exact) mass is 156 g/mol. The molecule has 1 saturated heterocycles. The van der Waals surface area contributed by atoms with Crippen LogP contribution < -0.4 is 5.32 Å². The highest BCUT2D eigenvalue weighted by molar-refractivity contribution is 4.92. The smallest absolute Gasteiger partial charge is 0.0962 e. The third-order valence-corrected chi connectivity index (χ3v) is 1.96. The Balaban J connectivity index is 2.45. The van der Waals surface area contributed by atoms with Gasteiger partial charge in [-0.2, -0.15) is 5.26 Å². The van der Waals surface area contributed by atoms with E-state index in [2.05, 4.69) is 5.32 Å². The first-order valence-electron chi connectivity index (χ1n) is 3.72. The average Bonchev–Trinajstić information content (AvgIpc) is 1.99. The molecule has 0 amide bonds. The van der Waals surface area contributed by atoms with Gasteiger partial charge in [-0.15, -0.1) is 0 Å². The van der Waals surface area contributed by atoms with Gasteiger partial charge in [-0.1, -0.05) is 0 Å². The molecule has 1 fully saturated rings. The van der Waals surface area contributed by atoms with Gasteiger partial charge in [0, 0.05) is 6.04 Å². The minimum absolute atomic E-state index is 0.248. The summed E-state index contributed by atoms with van der Waals surface area (Å²) in [7, 11) is 0. The van der Waals surface area contributed by atoms with Crippen LogP contribution in [0.15, 0.2) is 0 Å². The molecule has 0 bridgehead atoms. The van der Waals surface area contributed by atoms with Crippen molar-refractivity contribution in [2.45, 2.75) is 31.1 Å². The highest BCUT2D eigenvalue weighted by Gasteiger charge is 2.29. The van der Waals surface area contributed by atoms with Crippen LogP contribution in [0.5, 0.6) is 0 Å². The number of hydrogen-bond acceptors (Lipinski definition) is 4. The first kappa shape index (κ1) is 8.47. The van der Waals surface area contributed by atoms with E-state index in [4.69, 9.17) is 5.26 Å². The van der Waals surface area contributed by atoms with Crippen molar-refractivity contribution in [2.75, 3.05) is 6.54 Å². The number of piperidine rings is 1. The Morgan fingerprint density at radius 3 is 2.91 bits per heavy atom. The van der Waals surface area contributed by atoms with Crippen molar-refractivity contribution >= 4 is 0 Å². The third kappa shape index (κ3) is 1.90. The fourth-order valence-electron chi connectivity index (χ4n) is 1.27. The van der Waals surface area contributed by atoms with Crippen molar-refractivity contribution in [2.24, 2.45) is 0 Å². The second-order valence-corrected chi connectivity index (χ2v) is 2.77. The van der Waals surface area contributed by atoms with Crippen LogP contribution in [0.3, 0.4) is 0 Å². The lowest BCUT2D eigenvalue weighted by molar-refractivity contribution is -0.0251. The lowest BCUT2D eigenvalue weighted by Gasteiger charge is -2.31. The predicted octanol–water partition coefficient (Wildman–Crippen LogP) is -1.02. The molecule has 62 valence electrons. The van der Waals surface area contributed by atoms with Crippen LogP contribution in [-0.2, 0) is 0 Å². The molecule has 0 saturated carbocycles. The number of nitriles is 1. The molecule has 4 nitrogen and oxygen atoms in total. The van der Waals surface area contributed by atoms with Gasteiger partial charge >= 0.3 is 0 Å². The molecule has 4 heteroatoms. The molecule has 3 atom stereocenters. The second kappa shape index (κ2) is 3.67. The first-order valence-corrected chi connectivity index (χ1v) is 3.72. The maximum atomic E-state index is 9.30. The number of nitrogens with one attached hydrogen (secondary N) is 1. The van der Waals surface area contributed by atoms with Crippen molar-refractivity contribution < 1.29 is 10.2 Å². The van der Waals surface area contributed by atoms with E-state index >= 15 is 0 Å². The molecule has 0 aliphatic carbocycles. The highest BCUT2D eigenvalue weighted by Crippen LogP contribution is 2.11. The first-order chi connectivity index (χ1) is 5.25. The maximum Gasteiger partial charge on any atom is 0.0962 e. The Morgan fingerprint density at radius 1 is 1.55 bits per heavy atom. The van der Waals surface area contributed by atoms with Crippen LogP contribution in [0, 0.1) is 11.3 Å². The zero-order valence-electron chi connectivity index (χ0n) is 6.20. The molecule has 0 aromatic heterocycles. The van der Waals surface area contributed by atoms with E-state index in [1.807, 2.05) is 6.07 Å². The molecule has 3 unspecified atom stereocenters. The van der Waals surface area contributed by atoms with Crippen LogP contribution in [0.2, 0.25) is 0 Å². The zero-order chi connectivity index (χ0) is 8.27. The van der Waals surface area contributed by atoms with Crippen molar-refractivity contribution in [1.82, 2.24) is 5.32 Å². The molecular formula is C7H12N2O2. The summed E-state index contributed by atoms with van der Waals surface area (Å²) in [6.07, 6.45) is -0.653. The summed E-state index contributed by atoms with van der Waals surface area (Å²) in [5, 5.41) is 29.8.